The van der Waals surface area contributed by atoms with E-state index in [9.17, 15) is 4.79 Å². The van der Waals surface area contributed by atoms with E-state index in [0.29, 0.717) is 33.4 Å². The third kappa shape index (κ3) is 3.22. The highest BCUT2D eigenvalue weighted by Crippen LogP contribution is 2.40. The summed E-state index contributed by atoms with van der Waals surface area (Å²) in [7, 11) is 0. The number of aromatic nitrogens is 3. The first-order valence-corrected chi connectivity index (χ1v) is 8.75. The minimum absolute atomic E-state index is 0.246. The van der Waals surface area contributed by atoms with E-state index in [-0.39, 0.29) is 5.91 Å². The van der Waals surface area contributed by atoms with Crippen LogP contribution in [-0.2, 0) is 6.42 Å². The number of amides is 1. The predicted molar refractivity (Wildman–Crippen MR) is 95.0 cm³/mol. The average molecular weight is 357 g/mol. The third-order valence-electron chi connectivity index (χ3n) is 4.23. The molecule has 0 aliphatic heterocycles. The maximum Gasteiger partial charge on any atom is 0.259 e. The monoisotopic (exact) mass is 356 g/mol. The number of anilines is 1. The van der Waals surface area contributed by atoms with Crippen LogP contribution in [0.4, 0.5) is 5.82 Å². The summed E-state index contributed by atoms with van der Waals surface area (Å²) in [6.45, 7) is 2.06. The van der Waals surface area contributed by atoms with E-state index in [4.69, 9.17) is 16.1 Å². The fraction of sp³-hybridized carbons (Fsp3) is 0.333. The smallest absolute Gasteiger partial charge is 0.259 e. The van der Waals surface area contributed by atoms with Gasteiger partial charge in [0.05, 0.1) is 21.7 Å². The molecule has 0 bridgehead atoms. The van der Waals surface area contributed by atoms with Crippen molar-refractivity contribution in [3.05, 3.63) is 46.4 Å². The number of hydrogen-bond donors (Lipinski definition) is 1. The van der Waals surface area contributed by atoms with Crippen LogP contribution in [-0.4, -0.2) is 21.0 Å². The summed E-state index contributed by atoms with van der Waals surface area (Å²) in [5.74, 6) is 0.606. The molecule has 25 heavy (non-hydrogen) atoms. The Kier molecular flexibility index (Phi) is 4.13. The predicted octanol–water partition coefficient (Wildman–Crippen LogP) is 4.35. The number of pyridine rings is 2. The third-order valence-corrected chi connectivity index (χ3v) is 4.46. The van der Waals surface area contributed by atoms with Crippen LogP contribution < -0.4 is 5.32 Å². The molecule has 3 heterocycles. The zero-order valence-corrected chi connectivity index (χ0v) is 14.5. The maximum absolute atomic E-state index is 12.9. The van der Waals surface area contributed by atoms with Gasteiger partial charge in [0.25, 0.3) is 11.6 Å². The molecule has 0 aromatic carbocycles. The molecule has 0 spiro atoms. The lowest BCUT2D eigenvalue weighted by Gasteiger charge is -2.08. The summed E-state index contributed by atoms with van der Waals surface area (Å²) in [6.07, 6.45) is 5.32. The molecule has 1 aliphatic carbocycles. The highest BCUT2D eigenvalue weighted by atomic mass is 35.5. The molecule has 4 rings (SSSR count). The largest absolute Gasteiger partial charge is 0.336 e. The van der Waals surface area contributed by atoms with Gasteiger partial charge in [0, 0.05) is 17.8 Å². The van der Waals surface area contributed by atoms with Gasteiger partial charge in [-0.3, -0.25) is 4.79 Å². The van der Waals surface area contributed by atoms with E-state index >= 15 is 0 Å². The van der Waals surface area contributed by atoms with Crippen LogP contribution in [0.1, 0.15) is 53.8 Å². The number of halogens is 1. The summed E-state index contributed by atoms with van der Waals surface area (Å²) in [6, 6.07) is 5.21. The van der Waals surface area contributed by atoms with Gasteiger partial charge in [0.1, 0.15) is 5.82 Å². The van der Waals surface area contributed by atoms with Crippen molar-refractivity contribution < 1.29 is 9.32 Å². The number of nitrogens with one attached hydrogen (secondary N) is 1. The minimum Gasteiger partial charge on any atom is -0.336 e. The molecular weight excluding hydrogens is 340 g/mol. The summed E-state index contributed by atoms with van der Waals surface area (Å²) in [5.41, 5.74) is 2.62. The topological polar surface area (TPSA) is 80.9 Å². The first-order valence-electron chi connectivity index (χ1n) is 8.37. The molecule has 3 aromatic rings. The maximum atomic E-state index is 12.9. The highest BCUT2D eigenvalue weighted by Gasteiger charge is 2.29. The van der Waals surface area contributed by atoms with E-state index in [1.165, 1.54) is 6.20 Å². The lowest BCUT2D eigenvalue weighted by Crippen LogP contribution is -2.14. The van der Waals surface area contributed by atoms with Gasteiger partial charge in [0.2, 0.25) is 0 Å². The molecule has 1 saturated carbocycles. The Balaban J connectivity index is 1.76. The van der Waals surface area contributed by atoms with Gasteiger partial charge in [-0.25, -0.2) is 9.97 Å². The molecule has 0 radical (unpaired) electrons. The number of fused-ring (bicyclic) bond motifs is 1. The van der Waals surface area contributed by atoms with Gasteiger partial charge < -0.3 is 9.84 Å². The number of carbonyl (C=O) groups excluding carboxylic acids is 1. The molecule has 0 atom stereocenters. The zero-order valence-electron chi connectivity index (χ0n) is 13.8. The fourth-order valence-electron chi connectivity index (χ4n) is 2.84. The van der Waals surface area contributed by atoms with Gasteiger partial charge in [-0.1, -0.05) is 30.1 Å². The van der Waals surface area contributed by atoms with Crippen molar-refractivity contribution in [2.45, 2.75) is 38.5 Å². The van der Waals surface area contributed by atoms with Crippen molar-refractivity contribution in [3.8, 4) is 0 Å². The van der Waals surface area contributed by atoms with Crippen LogP contribution in [0.15, 0.2) is 28.9 Å². The molecule has 0 saturated heterocycles. The zero-order chi connectivity index (χ0) is 17.4. The average Bonchev–Trinajstić information content (AvgIpc) is 3.39. The molecule has 1 aliphatic rings. The van der Waals surface area contributed by atoms with Gasteiger partial charge in [-0.2, -0.15) is 0 Å². The van der Waals surface area contributed by atoms with Crippen LogP contribution in [0.25, 0.3) is 11.1 Å². The van der Waals surface area contributed by atoms with Crippen molar-refractivity contribution >= 4 is 34.4 Å². The molecule has 6 nitrogen and oxygen atoms in total. The van der Waals surface area contributed by atoms with Crippen molar-refractivity contribution in [2.24, 2.45) is 0 Å². The standard InChI is InChI=1S/C18H17ClN4O2/c1-2-3-13-16-12(17(24)22-15-7-6-11(19)9-20-15)8-14(10-4-5-10)21-18(16)25-23-13/h6-10H,2-5H2,1H3,(H,20,22,24). The SMILES string of the molecule is CCCc1noc2nc(C3CC3)cc(C(=O)Nc3ccc(Cl)cn3)c12. The Hall–Kier alpha value is -2.47. The van der Waals surface area contributed by atoms with E-state index < -0.39 is 0 Å². The molecular formula is C18H17ClN4O2. The van der Waals surface area contributed by atoms with Gasteiger partial charge in [0.15, 0.2) is 0 Å². The van der Waals surface area contributed by atoms with Crippen LogP contribution in [0, 0.1) is 0 Å². The fourth-order valence-corrected chi connectivity index (χ4v) is 2.95. The minimum atomic E-state index is -0.246. The van der Waals surface area contributed by atoms with E-state index in [2.05, 4.69) is 27.4 Å². The van der Waals surface area contributed by atoms with Crippen molar-refractivity contribution in [1.82, 2.24) is 15.1 Å². The molecule has 1 amide bonds. The van der Waals surface area contributed by atoms with Crippen molar-refractivity contribution in [1.29, 1.82) is 0 Å². The highest BCUT2D eigenvalue weighted by molar-refractivity contribution is 6.30. The van der Waals surface area contributed by atoms with E-state index in [0.717, 1.165) is 37.1 Å². The van der Waals surface area contributed by atoms with E-state index in [1.807, 2.05) is 6.07 Å². The first-order chi connectivity index (χ1) is 12.2. The normalized spacial score (nSPS) is 14.0. The number of rotatable bonds is 5. The molecule has 0 unspecified atom stereocenters. The molecule has 128 valence electrons. The molecule has 7 heteroatoms. The second-order valence-electron chi connectivity index (χ2n) is 6.24. The number of aryl methyl sites for hydroxylation is 1. The van der Waals surface area contributed by atoms with Crippen LogP contribution in [0.2, 0.25) is 5.02 Å². The quantitative estimate of drug-likeness (QED) is 0.734. The lowest BCUT2D eigenvalue weighted by molar-refractivity contribution is 0.102. The van der Waals surface area contributed by atoms with E-state index in [1.54, 1.807) is 12.1 Å². The molecule has 1 N–H and O–H groups in total. The molecule has 3 aromatic heterocycles. The van der Waals surface area contributed by atoms with Gasteiger partial charge >= 0.3 is 0 Å². The van der Waals surface area contributed by atoms with Crippen LogP contribution in [0.3, 0.4) is 0 Å². The summed E-state index contributed by atoms with van der Waals surface area (Å²) < 4.78 is 5.40. The van der Waals surface area contributed by atoms with Crippen LogP contribution >= 0.6 is 11.6 Å². The summed E-state index contributed by atoms with van der Waals surface area (Å²) in [5, 5.41) is 8.14. The van der Waals surface area contributed by atoms with Crippen molar-refractivity contribution in [3.63, 3.8) is 0 Å². The Morgan fingerprint density at radius 1 is 1.40 bits per heavy atom. The number of carbonyl (C=O) groups is 1. The Labute approximate surface area is 149 Å². The Morgan fingerprint density at radius 2 is 2.24 bits per heavy atom. The second-order valence-corrected chi connectivity index (χ2v) is 6.68. The lowest BCUT2D eigenvalue weighted by atomic mass is 10.1. The second kappa shape index (κ2) is 6.44. The number of hydrogen-bond acceptors (Lipinski definition) is 5. The van der Waals surface area contributed by atoms with Gasteiger partial charge in [-0.05, 0) is 37.5 Å². The first kappa shape index (κ1) is 16.0. The van der Waals surface area contributed by atoms with Gasteiger partial charge in [-0.15, -0.1) is 0 Å². The Bertz CT molecular complexity index is 932. The summed E-state index contributed by atoms with van der Waals surface area (Å²) in [4.78, 5) is 21.6. The van der Waals surface area contributed by atoms with Crippen molar-refractivity contribution in [2.75, 3.05) is 5.32 Å². The summed E-state index contributed by atoms with van der Waals surface area (Å²) >= 11 is 5.84. The number of nitrogens with zero attached hydrogens (tertiary/aromatic N) is 3. The Morgan fingerprint density at radius 3 is 2.92 bits per heavy atom. The molecule has 1 fully saturated rings. The van der Waals surface area contributed by atoms with Crippen LogP contribution in [0.5, 0.6) is 0 Å².